The van der Waals surface area contributed by atoms with Crippen molar-refractivity contribution in [1.82, 2.24) is 9.88 Å². The Morgan fingerprint density at radius 3 is 2.85 bits per heavy atom. The highest BCUT2D eigenvalue weighted by Gasteiger charge is 2.19. The molecule has 1 aliphatic heterocycles. The Morgan fingerprint density at radius 2 is 2.00 bits per heavy atom. The third-order valence-electron chi connectivity index (χ3n) is 4.53. The predicted molar refractivity (Wildman–Crippen MR) is 102 cm³/mol. The molecule has 27 heavy (non-hydrogen) atoms. The number of thiazole rings is 1. The van der Waals surface area contributed by atoms with E-state index in [2.05, 4.69) is 27.3 Å². The summed E-state index contributed by atoms with van der Waals surface area (Å²) < 4.78 is 27.2. The Bertz CT molecular complexity index is 989. The van der Waals surface area contributed by atoms with E-state index in [9.17, 15) is 13.6 Å². The van der Waals surface area contributed by atoms with Crippen molar-refractivity contribution in [2.45, 2.75) is 13.0 Å². The van der Waals surface area contributed by atoms with E-state index in [0.717, 1.165) is 37.7 Å². The number of nitrogens with zero attached hydrogens (tertiary/aromatic N) is 2. The van der Waals surface area contributed by atoms with Crippen LogP contribution in [0.5, 0.6) is 0 Å². The summed E-state index contributed by atoms with van der Waals surface area (Å²) in [4.78, 5) is 18.6. The number of fused-ring (bicyclic) bond motifs is 1. The van der Waals surface area contributed by atoms with Gasteiger partial charge in [0.05, 0.1) is 12.2 Å². The summed E-state index contributed by atoms with van der Waals surface area (Å²) in [5, 5.41) is 4.72. The van der Waals surface area contributed by atoms with Crippen LogP contribution in [0.15, 0.2) is 47.8 Å². The Kier molecular flexibility index (Phi) is 4.96. The van der Waals surface area contributed by atoms with Crippen molar-refractivity contribution in [2.24, 2.45) is 0 Å². The average Bonchev–Trinajstić information content (AvgIpc) is 3.11. The summed E-state index contributed by atoms with van der Waals surface area (Å²) in [5.74, 6) is -1.25. The van der Waals surface area contributed by atoms with E-state index in [-0.39, 0.29) is 18.0 Å². The molecule has 2 aromatic carbocycles. The van der Waals surface area contributed by atoms with Gasteiger partial charge in [0.2, 0.25) is 5.91 Å². The monoisotopic (exact) mass is 385 g/mol. The lowest BCUT2D eigenvalue weighted by atomic mass is 10.00. The van der Waals surface area contributed by atoms with Crippen LogP contribution in [0.25, 0.3) is 11.3 Å². The van der Waals surface area contributed by atoms with E-state index in [1.54, 1.807) is 5.38 Å². The van der Waals surface area contributed by atoms with Crippen molar-refractivity contribution in [3.8, 4) is 11.3 Å². The second-order valence-electron chi connectivity index (χ2n) is 6.44. The molecule has 2 heterocycles. The molecule has 4 nitrogen and oxygen atoms in total. The molecule has 3 aromatic rings. The molecule has 0 fully saturated rings. The molecular formula is C20H17F2N3OS. The summed E-state index contributed by atoms with van der Waals surface area (Å²) >= 11 is 1.19. The molecule has 0 saturated carbocycles. The molecule has 1 aromatic heterocycles. The lowest BCUT2D eigenvalue weighted by Gasteiger charge is -2.27. The summed E-state index contributed by atoms with van der Waals surface area (Å²) in [6.07, 6.45) is 0.920. The number of aromatic nitrogens is 1. The average molecular weight is 385 g/mol. The molecule has 0 aliphatic carbocycles. The maximum atomic E-state index is 13.9. The smallest absolute Gasteiger partial charge is 0.240 e. The van der Waals surface area contributed by atoms with Crippen molar-refractivity contribution in [3.05, 3.63) is 70.6 Å². The maximum absolute atomic E-state index is 13.9. The van der Waals surface area contributed by atoms with Gasteiger partial charge in [0.15, 0.2) is 5.13 Å². The van der Waals surface area contributed by atoms with Crippen molar-refractivity contribution in [2.75, 3.05) is 18.4 Å². The van der Waals surface area contributed by atoms with Gasteiger partial charge in [-0.05, 0) is 35.7 Å². The van der Waals surface area contributed by atoms with Gasteiger partial charge in [-0.2, -0.15) is 0 Å². The lowest BCUT2D eigenvalue weighted by Crippen LogP contribution is -2.37. The first-order valence-electron chi connectivity index (χ1n) is 8.58. The third kappa shape index (κ3) is 4.04. The quantitative estimate of drug-likeness (QED) is 0.736. The first-order valence-corrected chi connectivity index (χ1v) is 9.46. The highest BCUT2D eigenvalue weighted by molar-refractivity contribution is 7.14. The van der Waals surface area contributed by atoms with Crippen LogP contribution in [-0.4, -0.2) is 28.9 Å². The molecule has 0 saturated heterocycles. The highest BCUT2D eigenvalue weighted by atomic mass is 32.1. The Balaban J connectivity index is 1.39. The first-order chi connectivity index (χ1) is 13.1. The minimum Gasteiger partial charge on any atom is -0.301 e. The number of hydrogen-bond acceptors (Lipinski definition) is 4. The van der Waals surface area contributed by atoms with Crippen LogP contribution >= 0.6 is 11.3 Å². The van der Waals surface area contributed by atoms with Gasteiger partial charge in [-0.3, -0.25) is 9.69 Å². The zero-order valence-electron chi connectivity index (χ0n) is 14.4. The SMILES string of the molecule is O=C(CN1CCc2ccccc2C1)Nc1nc(-c2cc(F)ccc2F)cs1. The number of amides is 1. The molecule has 1 N–H and O–H groups in total. The van der Waals surface area contributed by atoms with E-state index in [4.69, 9.17) is 0 Å². The van der Waals surface area contributed by atoms with E-state index in [1.807, 2.05) is 12.1 Å². The van der Waals surface area contributed by atoms with E-state index >= 15 is 0 Å². The standard InChI is InChI=1S/C20H17F2N3OS/c21-15-5-6-17(22)16(9-15)18-12-27-20(23-18)24-19(26)11-25-8-7-13-3-1-2-4-14(13)10-25/h1-6,9,12H,7-8,10-11H2,(H,23,24,26). The fourth-order valence-electron chi connectivity index (χ4n) is 3.20. The highest BCUT2D eigenvalue weighted by Crippen LogP contribution is 2.27. The number of benzene rings is 2. The zero-order chi connectivity index (χ0) is 18.8. The third-order valence-corrected chi connectivity index (χ3v) is 5.29. The lowest BCUT2D eigenvalue weighted by molar-refractivity contribution is -0.117. The molecule has 1 aliphatic rings. The van der Waals surface area contributed by atoms with Crippen LogP contribution in [0.1, 0.15) is 11.1 Å². The van der Waals surface area contributed by atoms with Crippen molar-refractivity contribution in [1.29, 1.82) is 0 Å². The number of hydrogen-bond donors (Lipinski definition) is 1. The van der Waals surface area contributed by atoms with Gasteiger partial charge in [-0.15, -0.1) is 11.3 Å². The van der Waals surface area contributed by atoms with Gasteiger partial charge < -0.3 is 5.32 Å². The number of carbonyl (C=O) groups excluding carboxylic acids is 1. The van der Waals surface area contributed by atoms with Crippen LogP contribution < -0.4 is 5.32 Å². The van der Waals surface area contributed by atoms with Gasteiger partial charge in [0.25, 0.3) is 0 Å². The van der Waals surface area contributed by atoms with Crippen LogP contribution in [0.3, 0.4) is 0 Å². The summed E-state index contributed by atoms with van der Waals surface area (Å²) in [5.41, 5.74) is 2.96. The van der Waals surface area contributed by atoms with Gasteiger partial charge in [0.1, 0.15) is 11.6 Å². The molecule has 7 heteroatoms. The first kappa shape index (κ1) is 17.8. The molecule has 0 unspecified atom stereocenters. The molecule has 0 spiro atoms. The Hall–Kier alpha value is -2.64. The fraction of sp³-hybridized carbons (Fsp3) is 0.200. The molecule has 4 rings (SSSR count). The van der Waals surface area contributed by atoms with E-state index in [0.29, 0.717) is 10.8 Å². The van der Waals surface area contributed by atoms with Crippen LogP contribution in [0.4, 0.5) is 13.9 Å². The van der Waals surface area contributed by atoms with Crippen molar-refractivity contribution >= 4 is 22.4 Å². The van der Waals surface area contributed by atoms with Crippen molar-refractivity contribution in [3.63, 3.8) is 0 Å². The van der Waals surface area contributed by atoms with E-state index in [1.165, 1.54) is 22.5 Å². The normalized spacial score (nSPS) is 14.0. The number of carbonyl (C=O) groups is 1. The largest absolute Gasteiger partial charge is 0.301 e. The van der Waals surface area contributed by atoms with E-state index < -0.39 is 11.6 Å². The van der Waals surface area contributed by atoms with Crippen LogP contribution in [-0.2, 0) is 17.8 Å². The number of rotatable bonds is 4. The van der Waals surface area contributed by atoms with Crippen LogP contribution in [0.2, 0.25) is 0 Å². The van der Waals surface area contributed by atoms with Crippen LogP contribution in [0, 0.1) is 11.6 Å². The molecule has 0 atom stereocenters. The zero-order valence-corrected chi connectivity index (χ0v) is 15.2. The second kappa shape index (κ2) is 7.54. The number of halogens is 2. The fourth-order valence-corrected chi connectivity index (χ4v) is 3.93. The number of nitrogens with one attached hydrogen (secondary N) is 1. The summed E-state index contributed by atoms with van der Waals surface area (Å²) in [6, 6.07) is 11.5. The van der Waals surface area contributed by atoms with Gasteiger partial charge in [-0.1, -0.05) is 24.3 Å². The molecule has 0 bridgehead atoms. The molecule has 138 valence electrons. The number of anilines is 1. The predicted octanol–water partition coefficient (Wildman–Crippen LogP) is 4.09. The van der Waals surface area contributed by atoms with Gasteiger partial charge in [-0.25, -0.2) is 13.8 Å². The van der Waals surface area contributed by atoms with Gasteiger partial charge in [0, 0.05) is 24.0 Å². The second-order valence-corrected chi connectivity index (χ2v) is 7.30. The molecule has 0 radical (unpaired) electrons. The topological polar surface area (TPSA) is 45.2 Å². The Labute approximate surface area is 159 Å². The molecule has 1 amide bonds. The molecular weight excluding hydrogens is 368 g/mol. The Morgan fingerprint density at radius 1 is 1.19 bits per heavy atom. The maximum Gasteiger partial charge on any atom is 0.240 e. The summed E-state index contributed by atoms with van der Waals surface area (Å²) in [7, 11) is 0. The summed E-state index contributed by atoms with van der Waals surface area (Å²) in [6.45, 7) is 1.82. The minimum absolute atomic E-state index is 0.0828. The van der Waals surface area contributed by atoms with Gasteiger partial charge >= 0.3 is 0 Å². The van der Waals surface area contributed by atoms with Crippen molar-refractivity contribution < 1.29 is 13.6 Å². The minimum atomic E-state index is -0.549.